The third-order valence-electron chi connectivity index (χ3n) is 4.06. The number of rotatable bonds is 9. The molecule has 0 aliphatic carbocycles. The Bertz CT molecular complexity index is 1020. The van der Waals surface area contributed by atoms with Crippen LogP contribution in [0.2, 0.25) is 0 Å². The summed E-state index contributed by atoms with van der Waals surface area (Å²) in [6, 6.07) is 12.9. The number of carbonyl (C=O) groups excluding carboxylic acids is 1. The van der Waals surface area contributed by atoms with Gasteiger partial charge < -0.3 is 20.0 Å². The Hall–Kier alpha value is -3.16. The first-order valence-corrected chi connectivity index (χ1v) is 10.7. The monoisotopic (exact) mass is 431 g/mol. The first-order chi connectivity index (χ1) is 14.3. The van der Waals surface area contributed by atoms with Crippen LogP contribution in [-0.2, 0) is 16.4 Å². The van der Waals surface area contributed by atoms with Crippen molar-refractivity contribution >= 4 is 21.6 Å². The number of hydrogen-bond donors (Lipinski definition) is 2. The predicted octanol–water partition coefficient (Wildman–Crippen LogP) is 1.05. The van der Waals surface area contributed by atoms with Crippen LogP contribution in [0.3, 0.4) is 0 Å². The maximum absolute atomic E-state index is 12.7. The van der Waals surface area contributed by atoms with Crippen LogP contribution in [0.25, 0.3) is 0 Å². The minimum absolute atomic E-state index is 0.0156. The first kappa shape index (κ1) is 23.1. The Morgan fingerprint density at radius 2 is 1.83 bits per heavy atom. The van der Waals surface area contributed by atoms with Gasteiger partial charge in [0.05, 0.1) is 17.5 Å². The number of benzene rings is 1. The fraction of sp³-hybridized carbons (Fsp3) is 0.350. The van der Waals surface area contributed by atoms with E-state index in [0.717, 1.165) is 0 Å². The summed E-state index contributed by atoms with van der Waals surface area (Å²) in [7, 11) is 1.27. The van der Waals surface area contributed by atoms with Crippen LogP contribution in [0.4, 0.5) is 0 Å². The lowest BCUT2D eigenvalue weighted by Crippen LogP contribution is -2.42. The molecular weight excluding hydrogens is 406 g/mol. The second kappa shape index (κ2) is 10.6. The number of nitrogens with zero attached hydrogens (tertiary/aromatic N) is 3. The van der Waals surface area contributed by atoms with Crippen LogP contribution in [0.5, 0.6) is 0 Å². The molecule has 1 heterocycles. The molecule has 0 fully saturated rings. The fourth-order valence-corrected chi connectivity index (χ4v) is 4.09. The van der Waals surface area contributed by atoms with Crippen molar-refractivity contribution in [1.82, 2.24) is 15.5 Å². The zero-order valence-corrected chi connectivity index (χ0v) is 17.9. The highest BCUT2D eigenvalue weighted by atomic mass is 32.2. The molecule has 1 atom stereocenters. The number of nitrogens with one attached hydrogen (secondary N) is 2. The van der Waals surface area contributed by atoms with Gasteiger partial charge in [0, 0.05) is 20.1 Å². The molecule has 0 radical (unpaired) electrons. The number of amidine groups is 1. The molecule has 30 heavy (non-hydrogen) atoms. The van der Waals surface area contributed by atoms with Crippen molar-refractivity contribution in [3.63, 3.8) is 0 Å². The van der Waals surface area contributed by atoms with E-state index in [9.17, 15) is 18.5 Å². The molecule has 0 saturated heterocycles. The van der Waals surface area contributed by atoms with Crippen molar-refractivity contribution < 1.29 is 17.6 Å². The summed E-state index contributed by atoms with van der Waals surface area (Å²) in [4.78, 5) is 18.1. The average molecular weight is 432 g/mol. The summed E-state index contributed by atoms with van der Waals surface area (Å²) in [6.07, 6.45) is 0. The molecule has 0 saturated carbocycles. The number of carbonyl (C=O) groups is 1. The van der Waals surface area contributed by atoms with E-state index in [4.69, 9.17) is 4.42 Å². The van der Waals surface area contributed by atoms with Crippen LogP contribution < -0.4 is 10.6 Å². The molecule has 160 valence electrons. The van der Waals surface area contributed by atoms with Gasteiger partial charge in [0.2, 0.25) is 15.1 Å². The van der Waals surface area contributed by atoms with E-state index in [2.05, 4.69) is 15.6 Å². The van der Waals surface area contributed by atoms with Crippen LogP contribution in [0.15, 0.2) is 56.8 Å². The number of hydrogen-bond acceptors (Lipinski definition) is 7. The fourth-order valence-electron chi connectivity index (χ4n) is 2.66. The molecule has 0 aliphatic heterocycles. The van der Waals surface area contributed by atoms with E-state index in [1.807, 2.05) is 19.0 Å². The number of aliphatic imine (C=N–C) groups is 1. The van der Waals surface area contributed by atoms with E-state index in [0.29, 0.717) is 12.3 Å². The minimum atomic E-state index is -3.93. The van der Waals surface area contributed by atoms with Crippen LogP contribution in [0.1, 0.15) is 16.3 Å². The maximum Gasteiger partial charge on any atom is 0.287 e. The van der Waals surface area contributed by atoms with Crippen molar-refractivity contribution in [2.24, 2.45) is 4.99 Å². The van der Waals surface area contributed by atoms with Crippen LogP contribution >= 0.6 is 0 Å². The summed E-state index contributed by atoms with van der Waals surface area (Å²) in [5.41, 5.74) is 0. The highest BCUT2D eigenvalue weighted by Crippen LogP contribution is 2.16. The standard InChI is InChI=1S/C20H25N5O4S/c1-22-19(18(13-21)30(27,28)16-7-5-4-6-8-16)23-11-12-24-20(26)17-10-9-15(29-17)14-25(2)3/h4-10,18H,11-12,14H2,1-3H3,(H,22,23)(H,24,26). The molecule has 2 rings (SSSR count). The van der Waals surface area contributed by atoms with Gasteiger partial charge in [0.25, 0.3) is 5.91 Å². The van der Waals surface area contributed by atoms with Gasteiger partial charge in [-0.25, -0.2) is 8.42 Å². The second-order valence-corrected chi connectivity index (χ2v) is 8.70. The molecule has 0 spiro atoms. The van der Waals surface area contributed by atoms with Crippen molar-refractivity contribution in [3.05, 3.63) is 54.0 Å². The van der Waals surface area contributed by atoms with E-state index in [-0.39, 0.29) is 35.5 Å². The van der Waals surface area contributed by atoms with E-state index >= 15 is 0 Å². The Morgan fingerprint density at radius 3 is 2.43 bits per heavy atom. The molecule has 2 N–H and O–H groups in total. The zero-order valence-electron chi connectivity index (χ0n) is 17.1. The predicted molar refractivity (Wildman–Crippen MR) is 113 cm³/mol. The van der Waals surface area contributed by atoms with E-state index in [1.165, 1.54) is 19.2 Å². The van der Waals surface area contributed by atoms with Crippen molar-refractivity contribution in [1.29, 1.82) is 5.26 Å². The van der Waals surface area contributed by atoms with E-state index in [1.54, 1.807) is 36.4 Å². The Morgan fingerprint density at radius 1 is 1.17 bits per heavy atom. The maximum atomic E-state index is 12.7. The highest BCUT2D eigenvalue weighted by molar-refractivity contribution is 7.93. The average Bonchev–Trinajstić information content (AvgIpc) is 3.18. The number of furan rings is 1. The normalized spacial score (nSPS) is 13.0. The molecule has 1 aromatic carbocycles. The Labute approximate surface area is 176 Å². The first-order valence-electron chi connectivity index (χ1n) is 9.20. The lowest BCUT2D eigenvalue weighted by atomic mass is 10.4. The van der Waals surface area contributed by atoms with Gasteiger partial charge >= 0.3 is 0 Å². The summed E-state index contributed by atoms with van der Waals surface area (Å²) >= 11 is 0. The third kappa shape index (κ3) is 5.92. The van der Waals surface area contributed by atoms with Gasteiger partial charge in [-0.3, -0.25) is 9.79 Å². The molecular formula is C20H25N5O4S. The summed E-state index contributed by atoms with van der Waals surface area (Å²) in [5, 5.41) is 13.5. The lowest BCUT2D eigenvalue weighted by Gasteiger charge is -2.15. The Kier molecular flexibility index (Phi) is 8.15. The smallest absolute Gasteiger partial charge is 0.287 e. The van der Waals surface area contributed by atoms with Gasteiger partial charge in [-0.2, -0.15) is 5.26 Å². The Balaban J connectivity index is 1.93. The highest BCUT2D eigenvalue weighted by Gasteiger charge is 2.32. The number of amides is 1. The summed E-state index contributed by atoms with van der Waals surface area (Å²) in [5.74, 6) is 0.497. The van der Waals surface area contributed by atoms with Gasteiger partial charge in [0.1, 0.15) is 11.6 Å². The van der Waals surface area contributed by atoms with Crippen molar-refractivity contribution in [2.45, 2.75) is 16.7 Å². The molecule has 0 aliphatic rings. The third-order valence-corrected chi connectivity index (χ3v) is 5.94. The molecule has 2 aromatic rings. The minimum Gasteiger partial charge on any atom is -0.455 e. The molecule has 0 bridgehead atoms. The summed E-state index contributed by atoms with van der Waals surface area (Å²) < 4.78 is 31.0. The summed E-state index contributed by atoms with van der Waals surface area (Å²) in [6.45, 7) is 0.952. The second-order valence-electron chi connectivity index (χ2n) is 6.66. The van der Waals surface area contributed by atoms with Gasteiger partial charge in [-0.1, -0.05) is 18.2 Å². The lowest BCUT2D eigenvalue weighted by molar-refractivity contribution is 0.0923. The quantitative estimate of drug-likeness (QED) is 0.345. The van der Waals surface area contributed by atoms with Crippen LogP contribution in [-0.4, -0.2) is 64.5 Å². The largest absolute Gasteiger partial charge is 0.455 e. The van der Waals surface area contributed by atoms with Gasteiger partial charge in [0.15, 0.2) is 5.76 Å². The SMILES string of the molecule is CN=C(NCCNC(=O)c1ccc(CN(C)C)o1)C(C#N)S(=O)(=O)c1ccccc1. The van der Waals surface area contributed by atoms with Crippen molar-refractivity contribution in [3.8, 4) is 6.07 Å². The van der Waals surface area contributed by atoms with E-state index < -0.39 is 15.1 Å². The van der Waals surface area contributed by atoms with Crippen molar-refractivity contribution in [2.75, 3.05) is 34.2 Å². The molecule has 1 amide bonds. The molecule has 10 heteroatoms. The number of nitriles is 1. The van der Waals surface area contributed by atoms with Gasteiger partial charge in [-0.05, 0) is 38.4 Å². The number of sulfone groups is 1. The molecule has 1 aromatic heterocycles. The van der Waals surface area contributed by atoms with Gasteiger partial charge in [-0.15, -0.1) is 0 Å². The van der Waals surface area contributed by atoms with Crippen LogP contribution in [0, 0.1) is 11.3 Å². The topological polar surface area (TPSA) is 128 Å². The molecule has 9 nitrogen and oxygen atoms in total. The zero-order chi connectivity index (χ0) is 22.1. The molecule has 1 unspecified atom stereocenters.